The molecule has 0 atom stereocenters. The summed E-state index contributed by atoms with van der Waals surface area (Å²) in [4.78, 5) is 12.9. The highest BCUT2D eigenvalue weighted by molar-refractivity contribution is 5.70. The molecule has 0 aromatic heterocycles. The lowest BCUT2D eigenvalue weighted by Gasteiger charge is -2.37. The number of likely N-dealkylation sites (N-methyl/N-ethyl adjacent to an activating group) is 1. The monoisotopic (exact) mass is 245 g/mol. The molecule has 0 unspecified atom stereocenters. The summed E-state index contributed by atoms with van der Waals surface area (Å²) in [6, 6.07) is 0. The minimum absolute atomic E-state index is 0.278. The smallest absolute Gasteiger partial charge is 0.306 e. The average molecular weight is 245 g/mol. The Balaban J connectivity index is 2.36. The number of carboxylic acids is 1. The average Bonchev–Trinajstić information content (AvgIpc) is 2.26. The number of methoxy groups -OCH3 is 1. The Kier molecular flexibility index (Phi) is 5.36. The third-order valence-electron chi connectivity index (χ3n) is 3.51. The summed E-state index contributed by atoms with van der Waals surface area (Å²) in [7, 11) is 3.60. The van der Waals surface area contributed by atoms with Crippen LogP contribution in [0.1, 0.15) is 25.7 Å². The van der Waals surface area contributed by atoms with Gasteiger partial charge < -0.3 is 19.8 Å². The number of nitrogens with zero attached hydrogens (tertiary/aromatic N) is 1. The van der Waals surface area contributed by atoms with E-state index in [2.05, 4.69) is 0 Å². The molecule has 0 aromatic carbocycles. The zero-order chi connectivity index (χ0) is 12.9. The normalized spacial score (nSPS) is 29.5. The van der Waals surface area contributed by atoms with Crippen LogP contribution in [-0.4, -0.2) is 60.5 Å². The highest BCUT2D eigenvalue weighted by atomic mass is 16.5. The lowest BCUT2D eigenvalue weighted by Crippen LogP contribution is -2.45. The Hall–Kier alpha value is -0.650. The molecule has 0 aliphatic heterocycles. The minimum Gasteiger partial charge on any atom is -0.481 e. The van der Waals surface area contributed by atoms with Gasteiger partial charge in [-0.3, -0.25) is 4.79 Å². The largest absolute Gasteiger partial charge is 0.481 e. The summed E-state index contributed by atoms with van der Waals surface area (Å²) >= 11 is 0. The van der Waals surface area contributed by atoms with Crippen molar-refractivity contribution in [2.24, 2.45) is 5.92 Å². The number of hydrogen-bond acceptors (Lipinski definition) is 4. The molecule has 0 amide bonds. The van der Waals surface area contributed by atoms with E-state index in [1.165, 1.54) is 0 Å². The van der Waals surface area contributed by atoms with Crippen LogP contribution in [0, 0.1) is 5.92 Å². The number of carboxylic acid groups (broad SMARTS) is 1. The van der Waals surface area contributed by atoms with Gasteiger partial charge in [0, 0.05) is 20.2 Å². The van der Waals surface area contributed by atoms with Crippen LogP contribution in [0.2, 0.25) is 0 Å². The van der Waals surface area contributed by atoms with Crippen molar-refractivity contribution < 1.29 is 19.7 Å². The van der Waals surface area contributed by atoms with Gasteiger partial charge in [-0.15, -0.1) is 0 Å². The maximum atomic E-state index is 10.8. The van der Waals surface area contributed by atoms with Crippen LogP contribution in [-0.2, 0) is 9.53 Å². The molecule has 0 aromatic rings. The summed E-state index contributed by atoms with van der Waals surface area (Å²) < 4.78 is 4.98. The van der Waals surface area contributed by atoms with Gasteiger partial charge in [0.15, 0.2) is 0 Å². The molecule has 100 valence electrons. The molecule has 1 aliphatic rings. The van der Waals surface area contributed by atoms with Gasteiger partial charge in [0.1, 0.15) is 0 Å². The summed E-state index contributed by atoms with van der Waals surface area (Å²) in [6.45, 7) is 2.01. The molecule has 1 aliphatic carbocycles. The second kappa shape index (κ2) is 6.33. The molecule has 0 heterocycles. The number of carbonyl (C=O) groups is 1. The van der Waals surface area contributed by atoms with Crippen LogP contribution in [0.25, 0.3) is 0 Å². The topological polar surface area (TPSA) is 70.0 Å². The first-order valence-electron chi connectivity index (χ1n) is 6.09. The molecule has 0 radical (unpaired) electrons. The fourth-order valence-corrected chi connectivity index (χ4v) is 2.39. The molecule has 1 rings (SSSR count). The Morgan fingerprint density at radius 2 is 2.06 bits per heavy atom. The van der Waals surface area contributed by atoms with Crippen molar-refractivity contribution in [3.05, 3.63) is 0 Å². The van der Waals surface area contributed by atoms with Crippen LogP contribution in [0.4, 0.5) is 0 Å². The van der Waals surface area contributed by atoms with Gasteiger partial charge in [0.25, 0.3) is 0 Å². The summed E-state index contributed by atoms with van der Waals surface area (Å²) in [6.07, 6.45) is 2.29. The second-order valence-electron chi connectivity index (χ2n) is 5.07. The summed E-state index contributed by atoms with van der Waals surface area (Å²) in [5, 5.41) is 19.3. The SMILES string of the molecule is COCCN(C)CC1(O)CCC(C(=O)O)CC1. The Morgan fingerprint density at radius 1 is 1.47 bits per heavy atom. The highest BCUT2D eigenvalue weighted by Crippen LogP contribution is 2.32. The molecule has 1 fully saturated rings. The van der Waals surface area contributed by atoms with E-state index >= 15 is 0 Å². The Bertz CT molecular complexity index is 249. The Morgan fingerprint density at radius 3 is 2.53 bits per heavy atom. The van der Waals surface area contributed by atoms with Crippen LogP contribution < -0.4 is 0 Å². The van der Waals surface area contributed by atoms with Gasteiger partial charge in [-0.05, 0) is 32.7 Å². The predicted octanol–water partition coefficient (Wildman–Crippen LogP) is 0.570. The van der Waals surface area contributed by atoms with Crippen molar-refractivity contribution in [3.8, 4) is 0 Å². The van der Waals surface area contributed by atoms with Crippen LogP contribution in [0.15, 0.2) is 0 Å². The first kappa shape index (κ1) is 14.4. The predicted molar refractivity (Wildman–Crippen MR) is 63.9 cm³/mol. The van der Waals surface area contributed by atoms with Gasteiger partial charge in [-0.2, -0.15) is 0 Å². The molecule has 17 heavy (non-hydrogen) atoms. The van der Waals surface area contributed by atoms with Crippen LogP contribution in [0.3, 0.4) is 0 Å². The van der Waals surface area contributed by atoms with Crippen LogP contribution >= 0.6 is 0 Å². The third-order valence-corrected chi connectivity index (χ3v) is 3.51. The number of hydrogen-bond donors (Lipinski definition) is 2. The molecule has 0 spiro atoms. The maximum absolute atomic E-state index is 10.8. The van der Waals surface area contributed by atoms with Gasteiger partial charge >= 0.3 is 5.97 Å². The van der Waals surface area contributed by atoms with Gasteiger partial charge in [0.05, 0.1) is 18.1 Å². The van der Waals surface area contributed by atoms with Gasteiger partial charge in [-0.1, -0.05) is 0 Å². The molecule has 0 saturated heterocycles. The minimum atomic E-state index is -0.736. The van der Waals surface area contributed by atoms with Gasteiger partial charge in [0.2, 0.25) is 0 Å². The van der Waals surface area contributed by atoms with E-state index in [0.29, 0.717) is 38.8 Å². The zero-order valence-corrected chi connectivity index (χ0v) is 10.7. The molecule has 1 saturated carbocycles. The van der Waals surface area contributed by atoms with E-state index in [4.69, 9.17) is 9.84 Å². The van der Waals surface area contributed by atoms with Crippen molar-refractivity contribution in [1.29, 1.82) is 0 Å². The van der Waals surface area contributed by atoms with E-state index in [1.54, 1.807) is 7.11 Å². The standard InChI is InChI=1S/C12H23NO4/c1-13(7-8-17-2)9-12(16)5-3-10(4-6-12)11(14)15/h10,16H,3-9H2,1-2H3,(H,14,15). The summed E-state index contributed by atoms with van der Waals surface area (Å²) in [5.74, 6) is -1.01. The van der Waals surface area contributed by atoms with Crippen molar-refractivity contribution in [1.82, 2.24) is 4.90 Å². The lowest BCUT2D eigenvalue weighted by atomic mass is 9.78. The van der Waals surface area contributed by atoms with E-state index in [0.717, 1.165) is 6.54 Å². The molecule has 0 bridgehead atoms. The molecule has 2 N–H and O–H groups in total. The lowest BCUT2D eigenvalue weighted by molar-refractivity contribution is -0.145. The van der Waals surface area contributed by atoms with Crippen molar-refractivity contribution in [2.75, 3.05) is 33.9 Å². The van der Waals surface area contributed by atoms with E-state index < -0.39 is 11.6 Å². The highest BCUT2D eigenvalue weighted by Gasteiger charge is 2.36. The Labute approximate surface area is 102 Å². The number of aliphatic carboxylic acids is 1. The molecule has 5 heteroatoms. The fourth-order valence-electron chi connectivity index (χ4n) is 2.39. The number of rotatable bonds is 6. The number of aliphatic hydroxyl groups is 1. The first-order chi connectivity index (χ1) is 7.97. The van der Waals surface area contributed by atoms with E-state index in [1.807, 2.05) is 11.9 Å². The first-order valence-corrected chi connectivity index (χ1v) is 6.09. The van der Waals surface area contributed by atoms with Crippen molar-refractivity contribution >= 4 is 5.97 Å². The summed E-state index contributed by atoms with van der Waals surface area (Å²) in [5.41, 5.74) is -0.728. The maximum Gasteiger partial charge on any atom is 0.306 e. The fraction of sp³-hybridized carbons (Fsp3) is 0.917. The molecular formula is C12H23NO4. The molecule has 5 nitrogen and oxygen atoms in total. The molecular weight excluding hydrogens is 222 g/mol. The third kappa shape index (κ3) is 4.61. The quantitative estimate of drug-likeness (QED) is 0.716. The van der Waals surface area contributed by atoms with Crippen molar-refractivity contribution in [3.63, 3.8) is 0 Å². The van der Waals surface area contributed by atoms with Crippen LogP contribution in [0.5, 0.6) is 0 Å². The second-order valence-corrected chi connectivity index (χ2v) is 5.07. The zero-order valence-electron chi connectivity index (χ0n) is 10.7. The van der Waals surface area contributed by atoms with Crippen molar-refractivity contribution in [2.45, 2.75) is 31.3 Å². The number of ether oxygens (including phenoxy) is 1. The van der Waals surface area contributed by atoms with E-state index in [9.17, 15) is 9.90 Å². The van der Waals surface area contributed by atoms with Gasteiger partial charge in [-0.25, -0.2) is 0 Å². The van der Waals surface area contributed by atoms with E-state index in [-0.39, 0.29) is 5.92 Å².